The third-order valence-corrected chi connectivity index (χ3v) is 3.40. The van der Waals surface area contributed by atoms with Crippen LogP contribution in [0.3, 0.4) is 0 Å². The second kappa shape index (κ2) is 6.33. The highest BCUT2D eigenvalue weighted by molar-refractivity contribution is 7.15. The van der Waals surface area contributed by atoms with Gasteiger partial charge in [0.15, 0.2) is 4.96 Å². The van der Waals surface area contributed by atoms with Gasteiger partial charge in [0.1, 0.15) is 0 Å². The van der Waals surface area contributed by atoms with Crippen LogP contribution in [0.25, 0.3) is 4.96 Å². The maximum atomic E-state index is 11.6. The number of amides is 1. The molecule has 0 atom stereocenters. The van der Waals surface area contributed by atoms with Crippen molar-refractivity contribution in [1.82, 2.24) is 14.7 Å². The molecule has 0 aliphatic carbocycles. The van der Waals surface area contributed by atoms with Crippen LogP contribution in [0.2, 0.25) is 0 Å². The molecule has 0 saturated heterocycles. The molecule has 0 saturated carbocycles. The molecule has 0 radical (unpaired) electrons. The topological polar surface area (TPSA) is 83.7 Å². The highest BCUT2D eigenvalue weighted by Crippen LogP contribution is 2.11. The monoisotopic (exact) mass is 281 g/mol. The van der Waals surface area contributed by atoms with Gasteiger partial charge < -0.3 is 10.4 Å². The second-order valence-electron chi connectivity index (χ2n) is 4.20. The Balaban J connectivity index is 1.69. The van der Waals surface area contributed by atoms with Crippen molar-refractivity contribution in [2.24, 2.45) is 0 Å². The quantitative estimate of drug-likeness (QED) is 0.749. The number of hydrogen-bond donors (Lipinski definition) is 2. The molecule has 6 nitrogen and oxygen atoms in total. The van der Waals surface area contributed by atoms with Crippen LogP contribution in [0.1, 0.15) is 25.0 Å². The fraction of sp³-hybridized carbons (Fsp3) is 0.417. The first-order chi connectivity index (χ1) is 9.15. The highest BCUT2D eigenvalue weighted by Gasteiger charge is 2.07. The molecule has 1 amide bonds. The zero-order valence-electron chi connectivity index (χ0n) is 10.3. The Morgan fingerprint density at radius 1 is 1.42 bits per heavy atom. The van der Waals surface area contributed by atoms with Crippen LogP contribution >= 0.6 is 11.3 Å². The Labute approximate surface area is 114 Å². The first-order valence-corrected chi connectivity index (χ1v) is 6.92. The lowest BCUT2D eigenvalue weighted by Gasteiger charge is -2.02. The number of rotatable bonds is 7. The maximum absolute atomic E-state index is 11.6. The Hall–Kier alpha value is -1.89. The summed E-state index contributed by atoms with van der Waals surface area (Å²) in [5, 5.41) is 13.2. The Morgan fingerprint density at radius 3 is 3.00 bits per heavy atom. The average Bonchev–Trinajstić information content (AvgIpc) is 2.88. The summed E-state index contributed by atoms with van der Waals surface area (Å²) in [5.41, 5.74) is 0.745. The minimum Gasteiger partial charge on any atom is -0.481 e. The number of imidazole rings is 1. The zero-order chi connectivity index (χ0) is 13.7. The number of aliphatic carboxylic acids is 1. The molecule has 0 spiro atoms. The van der Waals surface area contributed by atoms with E-state index < -0.39 is 5.97 Å². The van der Waals surface area contributed by atoms with Crippen LogP contribution in [-0.4, -0.2) is 32.9 Å². The first-order valence-electron chi connectivity index (χ1n) is 6.05. The number of carboxylic acid groups (broad SMARTS) is 1. The van der Waals surface area contributed by atoms with Crippen molar-refractivity contribution in [3.63, 3.8) is 0 Å². The minimum atomic E-state index is -0.801. The number of hydrogen-bond acceptors (Lipinski definition) is 4. The molecular weight excluding hydrogens is 266 g/mol. The van der Waals surface area contributed by atoms with Gasteiger partial charge >= 0.3 is 5.97 Å². The Kier molecular flexibility index (Phi) is 4.51. The number of thiazole rings is 1. The summed E-state index contributed by atoms with van der Waals surface area (Å²) < 4.78 is 1.89. The fourth-order valence-electron chi connectivity index (χ4n) is 1.72. The number of nitrogens with zero attached hydrogens (tertiary/aromatic N) is 2. The van der Waals surface area contributed by atoms with Crippen molar-refractivity contribution in [3.05, 3.63) is 23.5 Å². The summed E-state index contributed by atoms with van der Waals surface area (Å²) in [6.07, 6.45) is 5.41. The first kappa shape index (κ1) is 13.5. The highest BCUT2D eigenvalue weighted by atomic mass is 32.1. The van der Waals surface area contributed by atoms with E-state index in [0.717, 1.165) is 10.7 Å². The van der Waals surface area contributed by atoms with Gasteiger partial charge in [0.05, 0.1) is 12.1 Å². The summed E-state index contributed by atoms with van der Waals surface area (Å²) in [5.74, 6) is -0.884. The number of fused-ring (bicyclic) bond motifs is 1. The maximum Gasteiger partial charge on any atom is 0.303 e. The molecule has 2 heterocycles. The van der Waals surface area contributed by atoms with Crippen LogP contribution in [0.4, 0.5) is 0 Å². The van der Waals surface area contributed by atoms with Crippen LogP contribution < -0.4 is 5.32 Å². The van der Waals surface area contributed by atoms with Gasteiger partial charge in [-0.1, -0.05) is 0 Å². The summed E-state index contributed by atoms with van der Waals surface area (Å²) >= 11 is 1.53. The molecule has 7 heteroatoms. The molecule has 102 valence electrons. The van der Waals surface area contributed by atoms with Crippen molar-refractivity contribution in [1.29, 1.82) is 0 Å². The molecule has 0 aromatic carbocycles. The van der Waals surface area contributed by atoms with Gasteiger partial charge in [0.25, 0.3) is 0 Å². The number of aromatic nitrogens is 2. The average molecular weight is 281 g/mol. The molecule has 2 rings (SSSR count). The van der Waals surface area contributed by atoms with E-state index in [9.17, 15) is 9.59 Å². The van der Waals surface area contributed by atoms with Gasteiger partial charge in [-0.2, -0.15) is 0 Å². The van der Waals surface area contributed by atoms with E-state index >= 15 is 0 Å². The molecule has 2 aromatic heterocycles. The number of carbonyl (C=O) groups excluding carboxylic acids is 1. The van der Waals surface area contributed by atoms with Crippen LogP contribution in [0.15, 0.2) is 17.8 Å². The SMILES string of the molecule is O=C(O)CCCCNC(=O)Cc1cn2ccsc2n1. The Morgan fingerprint density at radius 2 is 2.26 bits per heavy atom. The normalized spacial score (nSPS) is 10.7. The van der Waals surface area contributed by atoms with E-state index in [-0.39, 0.29) is 18.7 Å². The Bertz CT molecular complexity index is 547. The van der Waals surface area contributed by atoms with Crippen molar-refractivity contribution < 1.29 is 14.7 Å². The number of carboxylic acids is 1. The number of carbonyl (C=O) groups is 2. The standard InChI is InChI=1S/C12H15N3O3S/c16-10(13-4-2-1-3-11(17)18)7-9-8-15-5-6-19-12(15)14-9/h5-6,8H,1-4,7H2,(H,13,16)(H,17,18). The third kappa shape index (κ3) is 4.06. The lowest BCUT2D eigenvalue weighted by Crippen LogP contribution is -2.26. The molecule has 0 fully saturated rings. The van der Waals surface area contributed by atoms with E-state index in [1.807, 2.05) is 22.2 Å². The van der Waals surface area contributed by atoms with Gasteiger partial charge in [-0.3, -0.25) is 14.0 Å². The number of nitrogens with one attached hydrogen (secondary N) is 1. The molecule has 19 heavy (non-hydrogen) atoms. The van der Waals surface area contributed by atoms with E-state index in [1.54, 1.807) is 0 Å². The van der Waals surface area contributed by atoms with Gasteiger partial charge in [0.2, 0.25) is 5.91 Å². The smallest absolute Gasteiger partial charge is 0.303 e. The van der Waals surface area contributed by atoms with E-state index in [4.69, 9.17) is 5.11 Å². The van der Waals surface area contributed by atoms with Gasteiger partial charge in [-0.05, 0) is 12.8 Å². The molecule has 2 aromatic rings. The lowest BCUT2D eigenvalue weighted by molar-refractivity contribution is -0.137. The summed E-state index contributed by atoms with van der Waals surface area (Å²) in [6.45, 7) is 0.508. The third-order valence-electron chi connectivity index (χ3n) is 2.62. The summed E-state index contributed by atoms with van der Waals surface area (Å²) in [7, 11) is 0. The largest absolute Gasteiger partial charge is 0.481 e. The van der Waals surface area contributed by atoms with Crippen molar-refractivity contribution in [2.45, 2.75) is 25.7 Å². The summed E-state index contributed by atoms with van der Waals surface area (Å²) in [6, 6.07) is 0. The molecule has 0 aliphatic heterocycles. The van der Waals surface area contributed by atoms with Crippen LogP contribution in [0, 0.1) is 0 Å². The minimum absolute atomic E-state index is 0.0823. The van der Waals surface area contributed by atoms with E-state index in [2.05, 4.69) is 10.3 Å². The van der Waals surface area contributed by atoms with Gasteiger partial charge in [-0.25, -0.2) is 4.98 Å². The fourth-order valence-corrected chi connectivity index (χ4v) is 2.44. The number of unbranched alkanes of at least 4 members (excludes halogenated alkanes) is 1. The second-order valence-corrected chi connectivity index (χ2v) is 5.08. The van der Waals surface area contributed by atoms with Crippen LogP contribution in [0.5, 0.6) is 0 Å². The summed E-state index contributed by atoms with van der Waals surface area (Å²) in [4.78, 5) is 27.1. The molecular formula is C12H15N3O3S. The predicted molar refractivity (Wildman–Crippen MR) is 71.3 cm³/mol. The predicted octanol–water partition coefficient (Wildman–Crippen LogP) is 1.31. The zero-order valence-corrected chi connectivity index (χ0v) is 11.2. The van der Waals surface area contributed by atoms with Crippen molar-refractivity contribution in [3.8, 4) is 0 Å². The van der Waals surface area contributed by atoms with Gasteiger partial charge in [-0.15, -0.1) is 11.3 Å². The molecule has 2 N–H and O–H groups in total. The van der Waals surface area contributed by atoms with Crippen molar-refractivity contribution >= 4 is 28.2 Å². The van der Waals surface area contributed by atoms with Crippen LogP contribution in [-0.2, 0) is 16.0 Å². The van der Waals surface area contributed by atoms with E-state index in [1.165, 1.54) is 11.3 Å². The molecule has 0 unspecified atom stereocenters. The lowest BCUT2D eigenvalue weighted by atomic mass is 10.2. The molecule has 0 bridgehead atoms. The van der Waals surface area contributed by atoms with Gasteiger partial charge in [0, 0.05) is 30.7 Å². The van der Waals surface area contributed by atoms with Crippen molar-refractivity contribution in [2.75, 3.05) is 6.54 Å². The van der Waals surface area contributed by atoms with E-state index in [0.29, 0.717) is 19.4 Å². The molecule has 0 aliphatic rings.